The smallest absolute Gasteiger partial charge is 0.715 e. The summed E-state index contributed by atoms with van der Waals surface area (Å²) in [5.74, 6) is 0. The monoisotopic (exact) mass is 326 g/mol. The van der Waals surface area contributed by atoms with E-state index in [4.69, 9.17) is 55.3 Å². The molecule has 0 aliphatic heterocycles. The Bertz CT molecular complexity index is 16.4. The molecule has 0 aromatic rings. The number of nitrogens with one attached hydrogen (secondary N) is 5. The van der Waals surface area contributed by atoms with Crippen molar-refractivity contribution in [2.24, 2.45) is 0 Å². The third kappa shape index (κ3) is 250. The maximum Gasteiger partial charge on any atom is 5.00 e. The standard InChI is InChI=1S/5HN2.Ta/c5*1-2;/h5*1H;/q5*-1;+5. The van der Waals surface area contributed by atoms with Gasteiger partial charge in [0.25, 0.3) is 0 Å². The van der Waals surface area contributed by atoms with Crippen molar-refractivity contribution in [3.63, 3.8) is 0 Å². The van der Waals surface area contributed by atoms with Gasteiger partial charge in [0, 0.05) is 0 Å². The Morgan fingerprint density at radius 3 is 0.364 bits per heavy atom. The van der Waals surface area contributed by atoms with Gasteiger partial charge in [-0.3, -0.25) is 0 Å². The second-order valence-electron chi connectivity index (χ2n) is 0. The molecule has 0 aliphatic carbocycles. The van der Waals surface area contributed by atoms with Crippen LogP contribution in [0.4, 0.5) is 0 Å². The van der Waals surface area contributed by atoms with Gasteiger partial charge in [0.05, 0.1) is 0 Å². The van der Waals surface area contributed by atoms with Crippen LogP contribution in [0.1, 0.15) is 0 Å². The Morgan fingerprint density at radius 1 is 0.364 bits per heavy atom. The van der Waals surface area contributed by atoms with Crippen molar-refractivity contribution in [1.29, 1.82) is 27.7 Å². The van der Waals surface area contributed by atoms with E-state index in [0.29, 0.717) is 0 Å². The minimum Gasteiger partial charge on any atom is -0.715 e. The minimum atomic E-state index is 0. The van der Waals surface area contributed by atoms with Crippen LogP contribution in [0.25, 0.3) is 27.7 Å². The number of rotatable bonds is 0. The summed E-state index contributed by atoms with van der Waals surface area (Å²) in [5, 5.41) is 0. The van der Waals surface area contributed by atoms with Crippen molar-refractivity contribution in [2.75, 3.05) is 0 Å². The van der Waals surface area contributed by atoms with E-state index in [0.717, 1.165) is 0 Å². The summed E-state index contributed by atoms with van der Waals surface area (Å²) in [5.41, 5.74) is 55.0. The Kier molecular flexibility index (Phi) is 1600. The molecule has 0 bridgehead atoms. The normalized spacial score (nSPS) is 1.82. The van der Waals surface area contributed by atoms with Crippen molar-refractivity contribution in [3.8, 4) is 0 Å². The molecule has 11 heavy (non-hydrogen) atoms. The fourth-order valence-electron chi connectivity index (χ4n) is 0. The van der Waals surface area contributed by atoms with Gasteiger partial charge in [0.1, 0.15) is 0 Å². The van der Waals surface area contributed by atoms with E-state index in [1.165, 1.54) is 0 Å². The predicted octanol–water partition coefficient (Wildman–Crippen LogP) is 2.93. The largest absolute Gasteiger partial charge is 5.00 e. The van der Waals surface area contributed by atoms with Crippen LogP contribution in [0.3, 0.4) is 0 Å². The third-order valence-corrected chi connectivity index (χ3v) is 0. The van der Waals surface area contributed by atoms with E-state index in [9.17, 15) is 0 Å². The second-order valence-corrected chi connectivity index (χ2v) is 0. The number of hydrogen-bond donors (Lipinski definition) is 5. The van der Waals surface area contributed by atoms with Gasteiger partial charge in [-0.1, -0.05) is 0 Å². The molecular formula is H5N10Ta. The van der Waals surface area contributed by atoms with Gasteiger partial charge in [0.15, 0.2) is 0 Å². The van der Waals surface area contributed by atoms with E-state index < -0.39 is 0 Å². The first-order chi connectivity index (χ1) is 5.00. The zero-order valence-electron chi connectivity index (χ0n) is 5.18. The van der Waals surface area contributed by atoms with Gasteiger partial charge < -0.3 is 55.3 Å². The summed E-state index contributed by atoms with van der Waals surface area (Å²) in [6, 6.07) is 0. The van der Waals surface area contributed by atoms with E-state index >= 15 is 0 Å². The molecule has 0 unspecified atom stereocenters. The zero-order valence-corrected chi connectivity index (χ0v) is 8.40. The van der Waals surface area contributed by atoms with Crippen molar-refractivity contribution >= 4 is 0 Å². The predicted molar refractivity (Wildman–Crippen MR) is 30.4 cm³/mol. The topological polar surface area (TPSA) is 231 Å². The summed E-state index contributed by atoms with van der Waals surface area (Å²) in [6.45, 7) is 0. The Labute approximate surface area is 78.2 Å². The maximum atomic E-state index is 6.25. The average molecular weight is 326 g/mol. The van der Waals surface area contributed by atoms with Crippen LogP contribution >= 0.6 is 0 Å². The van der Waals surface area contributed by atoms with E-state index in [1.807, 2.05) is 0 Å². The average Bonchev–Trinajstić information content (AvgIpc) is 2.20. The van der Waals surface area contributed by atoms with Crippen molar-refractivity contribution in [1.82, 2.24) is 0 Å². The van der Waals surface area contributed by atoms with E-state index in [-0.39, 0.29) is 22.4 Å². The van der Waals surface area contributed by atoms with Crippen molar-refractivity contribution in [3.05, 3.63) is 27.7 Å². The zero-order chi connectivity index (χ0) is 10.0. The van der Waals surface area contributed by atoms with Crippen LogP contribution in [0, 0.1) is 27.7 Å². The summed E-state index contributed by atoms with van der Waals surface area (Å²) in [4.78, 5) is 0. The van der Waals surface area contributed by atoms with Gasteiger partial charge in [0.2, 0.25) is 0 Å². The van der Waals surface area contributed by atoms with Gasteiger partial charge in [-0.25, -0.2) is 0 Å². The Balaban J connectivity index is -0.00000000694. The van der Waals surface area contributed by atoms with Gasteiger partial charge in [-0.2, -0.15) is 0 Å². The SMILES string of the molecule is [N-]=N.[N-]=N.[N-]=N.[N-]=N.[N-]=N.[Ta+5]. The molecule has 5 N–H and O–H groups in total. The molecule has 0 aliphatic rings. The second kappa shape index (κ2) is 330. The molecule has 0 fully saturated rings. The molecule has 11 heteroatoms. The number of nitrogens with zero attached hydrogens (tertiary/aromatic N) is 5. The molecule has 0 aromatic heterocycles. The van der Waals surface area contributed by atoms with Crippen LogP contribution in [0.15, 0.2) is 0 Å². The molecule has 0 rings (SSSR count). The van der Waals surface area contributed by atoms with Crippen molar-refractivity contribution < 1.29 is 22.4 Å². The van der Waals surface area contributed by atoms with E-state index in [2.05, 4.69) is 0 Å². The third-order valence-electron chi connectivity index (χ3n) is 0. The maximum absolute atomic E-state index is 6.25. The molecule has 0 heterocycles. The van der Waals surface area contributed by atoms with Crippen LogP contribution in [0.5, 0.6) is 0 Å². The van der Waals surface area contributed by atoms with Crippen LogP contribution in [-0.2, 0) is 22.4 Å². The summed E-state index contributed by atoms with van der Waals surface area (Å²) in [7, 11) is 0. The summed E-state index contributed by atoms with van der Waals surface area (Å²) >= 11 is 0. The van der Waals surface area contributed by atoms with Crippen LogP contribution < -0.4 is 0 Å². The fourth-order valence-corrected chi connectivity index (χ4v) is 0. The minimum absolute atomic E-state index is 0. The van der Waals surface area contributed by atoms with Crippen LogP contribution in [0.2, 0.25) is 0 Å². The number of hydrogen-bond acceptors (Lipinski definition) is 5. The molecule has 0 saturated carbocycles. The molecule has 0 atom stereocenters. The van der Waals surface area contributed by atoms with E-state index in [1.54, 1.807) is 0 Å². The molecule has 0 spiro atoms. The molecule has 0 aromatic carbocycles. The molecule has 0 saturated heterocycles. The molecular weight excluding hydrogens is 321 g/mol. The molecule has 10 nitrogen and oxygen atoms in total. The van der Waals surface area contributed by atoms with Gasteiger partial charge in [-0.05, 0) is 0 Å². The molecule has 0 radical (unpaired) electrons. The summed E-state index contributed by atoms with van der Waals surface area (Å²) in [6.07, 6.45) is 0. The van der Waals surface area contributed by atoms with Crippen molar-refractivity contribution in [2.45, 2.75) is 0 Å². The quantitative estimate of drug-likeness (QED) is 0.404. The van der Waals surface area contributed by atoms with Gasteiger partial charge in [-0.15, -0.1) is 0 Å². The Morgan fingerprint density at radius 2 is 0.364 bits per heavy atom. The van der Waals surface area contributed by atoms with Gasteiger partial charge >= 0.3 is 22.4 Å². The fraction of sp³-hybridized carbons (Fsp3) is 0. The molecule has 60 valence electrons. The first-order valence-electron chi connectivity index (χ1n) is 1.12. The van der Waals surface area contributed by atoms with Crippen LogP contribution in [-0.4, -0.2) is 0 Å². The Hall–Kier alpha value is -1.26. The molecule has 0 amide bonds. The first-order valence-corrected chi connectivity index (χ1v) is 1.12. The summed E-state index contributed by atoms with van der Waals surface area (Å²) < 4.78 is 0. The first kappa shape index (κ1) is 53.2.